The molecule has 0 aliphatic heterocycles. The summed E-state index contributed by atoms with van der Waals surface area (Å²) in [6, 6.07) is 1.91. The van der Waals surface area contributed by atoms with Crippen LogP contribution in [0, 0.1) is 5.92 Å². The van der Waals surface area contributed by atoms with Crippen LogP contribution in [0.25, 0.3) is 0 Å². The van der Waals surface area contributed by atoms with E-state index in [1.807, 2.05) is 19.2 Å². The van der Waals surface area contributed by atoms with Crippen molar-refractivity contribution in [2.75, 3.05) is 18.5 Å². The molecule has 1 unspecified atom stereocenters. The molecule has 1 aliphatic rings. The van der Waals surface area contributed by atoms with E-state index in [1.54, 1.807) is 0 Å². The van der Waals surface area contributed by atoms with Gasteiger partial charge in [0.2, 0.25) is 0 Å². The first-order chi connectivity index (χ1) is 9.35. The minimum absolute atomic E-state index is 0.0592. The van der Waals surface area contributed by atoms with Crippen LogP contribution in [0.2, 0.25) is 0 Å². The normalized spacial score (nSPS) is 18.2. The molecule has 4 nitrogen and oxygen atoms in total. The molecule has 1 aromatic heterocycles. The summed E-state index contributed by atoms with van der Waals surface area (Å²) in [7, 11) is 0. The van der Waals surface area contributed by atoms with Gasteiger partial charge in [-0.15, -0.1) is 0 Å². The Morgan fingerprint density at radius 3 is 2.79 bits per heavy atom. The van der Waals surface area contributed by atoms with Crippen LogP contribution in [0.4, 0.5) is 5.82 Å². The molecule has 1 N–H and O–H groups in total. The SMILES string of the molecule is CCNc1ccnc(C(OCC)C2CCCCC2)n1. The maximum Gasteiger partial charge on any atom is 0.159 e. The third kappa shape index (κ3) is 3.90. The Balaban J connectivity index is 2.14. The van der Waals surface area contributed by atoms with Crippen LogP contribution in [0.5, 0.6) is 0 Å². The third-order valence-electron chi connectivity index (χ3n) is 3.71. The number of hydrogen-bond donors (Lipinski definition) is 1. The molecule has 19 heavy (non-hydrogen) atoms. The Labute approximate surface area is 116 Å². The largest absolute Gasteiger partial charge is 0.370 e. The molecule has 0 spiro atoms. The lowest BCUT2D eigenvalue weighted by molar-refractivity contribution is -0.000103. The van der Waals surface area contributed by atoms with E-state index < -0.39 is 0 Å². The van der Waals surface area contributed by atoms with Gasteiger partial charge in [-0.3, -0.25) is 0 Å². The minimum Gasteiger partial charge on any atom is -0.370 e. The van der Waals surface area contributed by atoms with E-state index in [9.17, 15) is 0 Å². The lowest BCUT2D eigenvalue weighted by atomic mass is 9.85. The van der Waals surface area contributed by atoms with Gasteiger partial charge in [0, 0.05) is 19.3 Å². The van der Waals surface area contributed by atoms with E-state index in [2.05, 4.69) is 22.2 Å². The summed E-state index contributed by atoms with van der Waals surface area (Å²) in [4.78, 5) is 9.05. The molecule has 106 valence electrons. The molecule has 1 saturated carbocycles. The fourth-order valence-corrected chi connectivity index (χ4v) is 2.83. The van der Waals surface area contributed by atoms with Crippen molar-refractivity contribution in [2.45, 2.75) is 52.1 Å². The average molecular weight is 263 g/mol. The molecule has 0 amide bonds. The Morgan fingerprint density at radius 1 is 1.32 bits per heavy atom. The first-order valence-corrected chi connectivity index (χ1v) is 7.53. The van der Waals surface area contributed by atoms with Crippen LogP contribution in [0.3, 0.4) is 0 Å². The predicted octanol–water partition coefficient (Wildman–Crippen LogP) is 3.57. The fourth-order valence-electron chi connectivity index (χ4n) is 2.83. The maximum absolute atomic E-state index is 5.95. The van der Waals surface area contributed by atoms with E-state index in [1.165, 1.54) is 32.1 Å². The number of ether oxygens (including phenoxy) is 1. The van der Waals surface area contributed by atoms with Crippen molar-refractivity contribution in [3.05, 3.63) is 18.1 Å². The van der Waals surface area contributed by atoms with Crippen LogP contribution in [-0.4, -0.2) is 23.1 Å². The van der Waals surface area contributed by atoms with Gasteiger partial charge in [-0.1, -0.05) is 19.3 Å². The van der Waals surface area contributed by atoms with Gasteiger partial charge in [0.25, 0.3) is 0 Å². The Hall–Kier alpha value is -1.16. The van der Waals surface area contributed by atoms with Gasteiger partial charge in [-0.2, -0.15) is 0 Å². The maximum atomic E-state index is 5.95. The summed E-state index contributed by atoms with van der Waals surface area (Å²) >= 11 is 0. The van der Waals surface area contributed by atoms with Gasteiger partial charge in [-0.05, 0) is 38.7 Å². The van der Waals surface area contributed by atoms with Crippen LogP contribution < -0.4 is 5.32 Å². The second-order valence-electron chi connectivity index (χ2n) is 5.10. The van der Waals surface area contributed by atoms with Gasteiger partial charge in [0.05, 0.1) is 0 Å². The number of aromatic nitrogens is 2. The number of anilines is 1. The summed E-state index contributed by atoms with van der Waals surface area (Å²) in [6.07, 6.45) is 8.33. The molecule has 0 radical (unpaired) electrons. The van der Waals surface area contributed by atoms with Gasteiger partial charge >= 0.3 is 0 Å². The zero-order valence-corrected chi connectivity index (χ0v) is 12.1. The molecule has 1 atom stereocenters. The topological polar surface area (TPSA) is 47.0 Å². The van der Waals surface area contributed by atoms with E-state index in [-0.39, 0.29) is 6.10 Å². The van der Waals surface area contributed by atoms with Crippen LogP contribution >= 0.6 is 0 Å². The molecule has 1 fully saturated rings. The van der Waals surface area contributed by atoms with Gasteiger partial charge < -0.3 is 10.1 Å². The van der Waals surface area contributed by atoms with Crippen molar-refractivity contribution in [3.63, 3.8) is 0 Å². The Morgan fingerprint density at radius 2 is 2.11 bits per heavy atom. The number of nitrogens with zero attached hydrogens (tertiary/aromatic N) is 2. The van der Waals surface area contributed by atoms with Crippen molar-refractivity contribution >= 4 is 5.82 Å². The summed E-state index contributed by atoms with van der Waals surface area (Å²) in [5.74, 6) is 2.31. The molecular weight excluding hydrogens is 238 g/mol. The van der Waals surface area contributed by atoms with Gasteiger partial charge in [0.15, 0.2) is 5.82 Å². The van der Waals surface area contributed by atoms with E-state index in [0.29, 0.717) is 5.92 Å². The molecule has 0 bridgehead atoms. The highest BCUT2D eigenvalue weighted by atomic mass is 16.5. The van der Waals surface area contributed by atoms with Gasteiger partial charge in [0.1, 0.15) is 11.9 Å². The fraction of sp³-hybridized carbons (Fsp3) is 0.733. The number of rotatable bonds is 6. The molecule has 2 rings (SSSR count). The standard InChI is InChI=1S/C15H25N3O/c1-3-16-13-10-11-17-15(18-13)14(19-4-2)12-8-6-5-7-9-12/h10-12,14H,3-9H2,1-2H3,(H,16,17,18). The van der Waals surface area contributed by atoms with Crippen molar-refractivity contribution < 1.29 is 4.74 Å². The van der Waals surface area contributed by atoms with E-state index in [0.717, 1.165) is 24.8 Å². The second kappa shape index (κ2) is 7.43. The summed E-state index contributed by atoms with van der Waals surface area (Å²) in [5.41, 5.74) is 0. The zero-order valence-electron chi connectivity index (χ0n) is 12.1. The highest BCUT2D eigenvalue weighted by Crippen LogP contribution is 2.35. The first-order valence-electron chi connectivity index (χ1n) is 7.53. The van der Waals surface area contributed by atoms with Crippen molar-refractivity contribution in [1.29, 1.82) is 0 Å². The van der Waals surface area contributed by atoms with Crippen molar-refractivity contribution in [2.24, 2.45) is 5.92 Å². The van der Waals surface area contributed by atoms with E-state index >= 15 is 0 Å². The quantitative estimate of drug-likeness (QED) is 0.852. The van der Waals surface area contributed by atoms with Crippen LogP contribution in [0.1, 0.15) is 57.9 Å². The average Bonchev–Trinajstić information content (AvgIpc) is 2.46. The molecule has 1 heterocycles. The smallest absolute Gasteiger partial charge is 0.159 e. The molecule has 1 aliphatic carbocycles. The number of nitrogens with one attached hydrogen (secondary N) is 1. The Kier molecular flexibility index (Phi) is 5.58. The highest BCUT2D eigenvalue weighted by molar-refractivity contribution is 5.32. The highest BCUT2D eigenvalue weighted by Gasteiger charge is 2.27. The summed E-state index contributed by atoms with van der Waals surface area (Å²) < 4.78 is 5.95. The van der Waals surface area contributed by atoms with Crippen LogP contribution in [-0.2, 0) is 4.74 Å². The second-order valence-corrected chi connectivity index (χ2v) is 5.10. The van der Waals surface area contributed by atoms with Crippen molar-refractivity contribution in [3.8, 4) is 0 Å². The summed E-state index contributed by atoms with van der Waals surface area (Å²) in [5, 5.41) is 3.24. The molecular formula is C15H25N3O. The molecule has 0 saturated heterocycles. The molecule has 1 aromatic rings. The predicted molar refractivity (Wildman–Crippen MR) is 77.1 cm³/mol. The van der Waals surface area contributed by atoms with Crippen LogP contribution in [0.15, 0.2) is 12.3 Å². The lowest BCUT2D eigenvalue weighted by Crippen LogP contribution is -2.21. The Bertz CT molecular complexity index is 377. The van der Waals surface area contributed by atoms with Gasteiger partial charge in [-0.25, -0.2) is 9.97 Å². The molecule has 4 heteroatoms. The number of hydrogen-bond acceptors (Lipinski definition) is 4. The van der Waals surface area contributed by atoms with Crippen molar-refractivity contribution in [1.82, 2.24) is 9.97 Å². The third-order valence-corrected chi connectivity index (χ3v) is 3.71. The summed E-state index contributed by atoms with van der Waals surface area (Å²) in [6.45, 7) is 5.71. The molecule has 0 aromatic carbocycles. The first kappa shape index (κ1) is 14.3. The zero-order chi connectivity index (χ0) is 13.5. The minimum atomic E-state index is 0.0592. The van der Waals surface area contributed by atoms with E-state index in [4.69, 9.17) is 4.74 Å². The monoisotopic (exact) mass is 263 g/mol. The lowest BCUT2D eigenvalue weighted by Gasteiger charge is -2.29.